The molecule has 1 heterocycles. The minimum absolute atomic E-state index is 0.0324. The maximum Gasteiger partial charge on any atom is 0.431 e. The van der Waals surface area contributed by atoms with E-state index < -0.39 is 39.5 Å². The quantitative estimate of drug-likeness (QED) is 0.621. The summed E-state index contributed by atoms with van der Waals surface area (Å²) in [4.78, 5) is 23.9. The van der Waals surface area contributed by atoms with Crippen LogP contribution in [0.15, 0.2) is 70.0 Å². The van der Waals surface area contributed by atoms with E-state index in [1.165, 1.54) is 43.3 Å². The Hall–Kier alpha value is -3.66. The van der Waals surface area contributed by atoms with E-state index in [-0.39, 0.29) is 26.9 Å². The van der Waals surface area contributed by atoms with Crippen molar-refractivity contribution < 1.29 is 36.7 Å². The van der Waals surface area contributed by atoms with Gasteiger partial charge >= 0.3 is 12.1 Å². The van der Waals surface area contributed by atoms with Gasteiger partial charge in [-0.15, -0.1) is 4.31 Å². The molecule has 3 aromatic rings. The van der Waals surface area contributed by atoms with Crippen LogP contribution in [0.3, 0.4) is 0 Å². The van der Waals surface area contributed by atoms with Crippen molar-refractivity contribution in [3.05, 3.63) is 72.2 Å². The molecule has 3 rings (SSSR count). The van der Waals surface area contributed by atoms with Crippen molar-refractivity contribution in [1.82, 2.24) is 0 Å². The predicted molar refractivity (Wildman–Crippen MR) is 104 cm³/mol. The summed E-state index contributed by atoms with van der Waals surface area (Å²) in [5.74, 6) is -3.23. The molecule has 0 atom stereocenters. The number of sulfonamides is 1. The second kappa shape index (κ2) is 8.37. The third-order valence-electron chi connectivity index (χ3n) is 3.98. The van der Waals surface area contributed by atoms with Crippen LogP contribution in [-0.2, 0) is 14.8 Å². The standard InChI is InChI=1S/C20H16FNO7S/c1-2-28-20(25)22(30(26,27)15-6-4-3-5-7-15)17-12-16(18(29-17)19(23)24)13-8-10-14(21)11-9-13/h3-12H,2H2,1H3,(H,23,24). The van der Waals surface area contributed by atoms with Crippen molar-refractivity contribution >= 4 is 28.0 Å². The van der Waals surface area contributed by atoms with E-state index >= 15 is 0 Å². The van der Waals surface area contributed by atoms with Crippen molar-refractivity contribution in [3.8, 4) is 11.1 Å². The second-order valence-corrected chi connectivity index (χ2v) is 7.71. The van der Waals surface area contributed by atoms with Gasteiger partial charge in [0.2, 0.25) is 11.6 Å². The lowest BCUT2D eigenvalue weighted by Crippen LogP contribution is -2.37. The number of carboxylic acids is 1. The number of rotatable bonds is 6. The molecule has 8 nitrogen and oxygen atoms in total. The van der Waals surface area contributed by atoms with Gasteiger partial charge in [0.1, 0.15) is 5.82 Å². The van der Waals surface area contributed by atoms with E-state index in [1.807, 2.05) is 0 Å². The Morgan fingerprint density at radius 2 is 1.73 bits per heavy atom. The summed E-state index contributed by atoms with van der Waals surface area (Å²) in [6, 6.07) is 13.0. The largest absolute Gasteiger partial charge is 0.475 e. The number of nitrogens with zero attached hydrogens (tertiary/aromatic N) is 1. The van der Waals surface area contributed by atoms with E-state index in [0.717, 1.165) is 18.2 Å². The molecule has 0 saturated heterocycles. The number of halogens is 1. The molecule has 0 aliphatic carbocycles. The molecule has 0 unspecified atom stereocenters. The highest BCUT2D eigenvalue weighted by molar-refractivity contribution is 7.93. The number of hydrogen-bond acceptors (Lipinski definition) is 6. The third kappa shape index (κ3) is 4.03. The fraction of sp³-hybridized carbons (Fsp3) is 0.100. The number of carbonyl (C=O) groups is 2. The van der Waals surface area contributed by atoms with Gasteiger partial charge in [-0.3, -0.25) is 0 Å². The molecule has 2 aromatic carbocycles. The van der Waals surface area contributed by atoms with Gasteiger partial charge in [-0.1, -0.05) is 30.3 Å². The molecule has 0 bridgehead atoms. The Balaban J connectivity index is 2.19. The van der Waals surface area contributed by atoms with Crippen molar-refractivity contribution in [2.24, 2.45) is 0 Å². The number of aromatic carboxylic acids is 1. The zero-order valence-corrected chi connectivity index (χ0v) is 16.4. The number of carboxylic acid groups (broad SMARTS) is 1. The molecular formula is C20H16FNO7S. The van der Waals surface area contributed by atoms with Crippen molar-refractivity contribution in [3.63, 3.8) is 0 Å². The van der Waals surface area contributed by atoms with Crippen LogP contribution in [0.2, 0.25) is 0 Å². The van der Waals surface area contributed by atoms with E-state index in [1.54, 1.807) is 6.07 Å². The molecule has 0 aliphatic heterocycles. The van der Waals surface area contributed by atoms with Crippen LogP contribution >= 0.6 is 0 Å². The summed E-state index contributed by atoms with van der Waals surface area (Å²) >= 11 is 0. The van der Waals surface area contributed by atoms with Gasteiger partial charge in [0.15, 0.2) is 0 Å². The minimum Gasteiger partial charge on any atom is -0.475 e. The Bertz CT molecular complexity index is 1170. The number of anilines is 1. The topological polar surface area (TPSA) is 114 Å². The molecule has 1 N–H and O–H groups in total. The fourth-order valence-corrected chi connectivity index (χ4v) is 3.96. The number of furan rings is 1. The van der Waals surface area contributed by atoms with Gasteiger partial charge in [0, 0.05) is 11.6 Å². The van der Waals surface area contributed by atoms with Gasteiger partial charge in [-0.25, -0.2) is 22.4 Å². The first-order chi connectivity index (χ1) is 14.3. The molecule has 0 saturated carbocycles. The SMILES string of the molecule is CCOC(=O)N(c1cc(-c2ccc(F)cc2)c(C(=O)O)o1)S(=O)(=O)c1ccccc1. The van der Waals surface area contributed by atoms with E-state index in [0.29, 0.717) is 0 Å². The maximum absolute atomic E-state index is 13.2. The summed E-state index contributed by atoms with van der Waals surface area (Å²) in [6.45, 7) is 1.36. The number of amides is 1. The van der Waals surface area contributed by atoms with E-state index in [9.17, 15) is 27.5 Å². The first kappa shape index (κ1) is 21.1. The summed E-state index contributed by atoms with van der Waals surface area (Å²) < 4.78 is 49.8. The lowest BCUT2D eigenvalue weighted by molar-refractivity contribution is 0.0664. The number of hydrogen-bond donors (Lipinski definition) is 1. The molecule has 156 valence electrons. The van der Waals surface area contributed by atoms with Gasteiger partial charge in [-0.2, -0.15) is 0 Å². The summed E-state index contributed by atoms with van der Waals surface area (Å²) in [5, 5.41) is 9.49. The lowest BCUT2D eigenvalue weighted by atomic mass is 10.1. The van der Waals surface area contributed by atoms with Crippen LogP contribution in [0.4, 0.5) is 15.1 Å². The van der Waals surface area contributed by atoms with Crippen molar-refractivity contribution in [2.75, 3.05) is 10.9 Å². The Kier molecular flexibility index (Phi) is 5.88. The zero-order valence-electron chi connectivity index (χ0n) is 15.6. The van der Waals surface area contributed by atoms with Gasteiger partial charge in [0.25, 0.3) is 10.0 Å². The normalized spacial score (nSPS) is 11.1. The number of benzene rings is 2. The van der Waals surface area contributed by atoms with Crippen LogP contribution in [0.5, 0.6) is 0 Å². The van der Waals surface area contributed by atoms with Crippen molar-refractivity contribution in [1.29, 1.82) is 0 Å². The molecule has 0 spiro atoms. The van der Waals surface area contributed by atoms with Crippen LogP contribution in [0.1, 0.15) is 17.5 Å². The first-order valence-electron chi connectivity index (χ1n) is 8.66. The highest BCUT2D eigenvalue weighted by atomic mass is 32.2. The monoisotopic (exact) mass is 433 g/mol. The third-order valence-corrected chi connectivity index (χ3v) is 5.66. The van der Waals surface area contributed by atoms with Crippen LogP contribution in [0, 0.1) is 5.82 Å². The molecular weight excluding hydrogens is 417 g/mol. The minimum atomic E-state index is -4.48. The van der Waals surface area contributed by atoms with Crippen molar-refractivity contribution in [2.45, 2.75) is 11.8 Å². The lowest BCUT2D eigenvalue weighted by Gasteiger charge is -2.19. The molecule has 0 radical (unpaired) electrons. The predicted octanol–water partition coefficient (Wildman–Crippen LogP) is 4.14. The maximum atomic E-state index is 13.2. The molecule has 10 heteroatoms. The summed E-state index contributed by atoms with van der Waals surface area (Å²) in [6.07, 6.45) is -1.27. The summed E-state index contributed by atoms with van der Waals surface area (Å²) in [5.41, 5.74) is 0.222. The Morgan fingerprint density at radius 3 is 2.30 bits per heavy atom. The number of ether oxygens (including phenoxy) is 1. The van der Waals surface area contributed by atoms with E-state index in [2.05, 4.69) is 0 Å². The van der Waals surface area contributed by atoms with Crippen LogP contribution in [-0.4, -0.2) is 32.2 Å². The van der Waals surface area contributed by atoms with Gasteiger partial charge < -0.3 is 14.3 Å². The highest BCUT2D eigenvalue weighted by Gasteiger charge is 2.36. The molecule has 0 aliphatic rings. The average Bonchev–Trinajstić information content (AvgIpc) is 3.14. The van der Waals surface area contributed by atoms with Gasteiger partial charge in [-0.05, 0) is 36.8 Å². The Morgan fingerprint density at radius 1 is 1.10 bits per heavy atom. The fourth-order valence-electron chi connectivity index (χ4n) is 2.67. The molecule has 1 aromatic heterocycles. The van der Waals surface area contributed by atoms with Crippen LogP contribution < -0.4 is 4.31 Å². The summed E-state index contributed by atoms with van der Waals surface area (Å²) in [7, 11) is -4.48. The molecule has 1 amide bonds. The molecule has 30 heavy (non-hydrogen) atoms. The van der Waals surface area contributed by atoms with E-state index in [4.69, 9.17) is 9.15 Å². The smallest absolute Gasteiger partial charge is 0.431 e. The average molecular weight is 433 g/mol. The molecule has 0 fully saturated rings. The van der Waals surface area contributed by atoms with Gasteiger partial charge in [0.05, 0.1) is 11.5 Å². The second-order valence-electron chi connectivity index (χ2n) is 5.92. The highest BCUT2D eigenvalue weighted by Crippen LogP contribution is 2.35. The first-order valence-corrected chi connectivity index (χ1v) is 10.1. The van der Waals surface area contributed by atoms with Crippen LogP contribution in [0.25, 0.3) is 11.1 Å². The zero-order chi connectivity index (χ0) is 21.9. The number of carbonyl (C=O) groups excluding carboxylic acids is 1. The Labute approximate surface area is 171 Å².